The van der Waals surface area contributed by atoms with Gasteiger partial charge < -0.3 is 14.8 Å². The molecule has 0 saturated heterocycles. The summed E-state index contributed by atoms with van der Waals surface area (Å²) in [4.78, 5) is 0. The molecule has 1 heterocycles. The number of rotatable bonds is 6. The van der Waals surface area contributed by atoms with Gasteiger partial charge in [0.05, 0.1) is 19.3 Å². The first-order chi connectivity index (χ1) is 9.20. The van der Waals surface area contributed by atoms with Crippen LogP contribution in [0.1, 0.15) is 26.3 Å². The van der Waals surface area contributed by atoms with E-state index in [0.717, 1.165) is 31.9 Å². The molecule has 0 fully saturated rings. The maximum absolute atomic E-state index is 5.87. The number of hydrogen-bond donors (Lipinski definition) is 1. The lowest BCUT2D eigenvalue weighted by atomic mass is 9.90. The number of likely N-dealkylation sites (N-methyl/N-ethyl adjacent to an activating group) is 1. The van der Waals surface area contributed by atoms with Crippen LogP contribution in [0.15, 0.2) is 24.3 Å². The lowest BCUT2D eigenvalue weighted by Gasteiger charge is -2.32. The van der Waals surface area contributed by atoms with Crippen LogP contribution in [-0.2, 0) is 11.2 Å². The van der Waals surface area contributed by atoms with Crippen molar-refractivity contribution in [3.05, 3.63) is 29.8 Å². The van der Waals surface area contributed by atoms with Gasteiger partial charge in [-0.1, -0.05) is 25.1 Å². The Bertz CT molecular complexity index is 392. The molecule has 0 radical (unpaired) electrons. The first kappa shape index (κ1) is 14.4. The van der Waals surface area contributed by atoms with E-state index in [1.807, 2.05) is 6.07 Å². The van der Waals surface area contributed by atoms with Crippen LogP contribution >= 0.6 is 0 Å². The third-order valence-electron chi connectivity index (χ3n) is 3.55. The van der Waals surface area contributed by atoms with Crippen molar-refractivity contribution in [1.29, 1.82) is 0 Å². The van der Waals surface area contributed by atoms with E-state index >= 15 is 0 Å². The molecule has 106 valence electrons. The second-order valence-corrected chi connectivity index (χ2v) is 5.43. The van der Waals surface area contributed by atoms with Crippen LogP contribution in [0, 0.1) is 5.92 Å². The molecule has 19 heavy (non-hydrogen) atoms. The summed E-state index contributed by atoms with van der Waals surface area (Å²) < 4.78 is 11.7. The fourth-order valence-corrected chi connectivity index (χ4v) is 2.53. The normalized spacial score (nSPS) is 19.9. The number of ether oxygens (including phenoxy) is 2. The van der Waals surface area contributed by atoms with Crippen LogP contribution in [0.5, 0.6) is 5.75 Å². The first-order valence-electron chi connectivity index (χ1n) is 7.26. The lowest BCUT2D eigenvalue weighted by Crippen LogP contribution is -2.45. The summed E-state index contributed by atoms with van der Waals surface area (Å²) in [5.74, 6) is 1.52. The molecule has 0 bridgehead atoms. The van der Waals surface area contributed by atoms with E-state index in [1.165, 1.54) is 5.56 Å². The molecule has 0 aliphatic carbocycles. The second kappa shape index (κ2) is 6.92. The number of fused-ring (bicyclic) bond motifs is 1. The fourth-order valence-electron chi connectivity index (χ4n) is 2.53. The predicted octanol–water partition coefficient (Wildman–Crippen LogP) is 2.64. The van der Waals surface area contributed by atoms with Gasteiger partial charge in [0.25, 0.3) is 0 Å². The van der Waals surface area contributed by atoms with E-state index in [-0.39, 0.29) is 6.10 Å². The maximum Gasteiger partial charge on any atom is 0.122 e. The van der Waals surface area contributed by atoms with Crippen molar-refractivity contribution in [2.24, 2.45) is 5.92 Å². The maximum atomic E-state index is 5.87. The zero-order chi connectivity index (χ0) is 13.7. The minimum absolute atomic E-state index is 0.276. The van der Waals surface area contributed by atoms with E-state index in [1.54, 1.807) is 0 Å². The lowest BCUT2D eigenvalue weighted by molar-refractivity contribution is 0.0384. The van der Waals surface area contributed by atoms with Crippen LogP contribution < -0.4 is 10.1 Å². The Morgan fingerprint density at radius 1 is 1.37 bits per heavy atom. The van der Waals surface area contributed by atoms with Gasteiger partial charge in [-0.15, -0.1) is 0 Å². The average molecular weight is 263 g/mol. The molecular formula is C16H25NO2. The van der Waals surface area contributed by atoms with Crippen molar-refractivity contribution in [1.82, 2.24) is 5.32 Å². The van der Waals surface area contributed by atoms with Crippen molar-refractivity contribution in [2.45, 2.75) is 39.3 Å². The van der Waals surface area contributed by atoms with E-state index in [2.05, 4.69) is 44.3 Å². The molecule has 1 aliphatic rings. The van der Waals surface area contributed by atoms with Gasteiger partial charge in [0.15, 0.2) is 0 Å². The van der Waals surface area contributed by atoms with E-state index in [9.17, 15) is 0 Å². The third-order valence-corrected chi connectivity index (χ3v) is 3.55. The van der Waals surface area contributed by atoms with Crippen LogP contribution in [0.2, 0.25) is 0 Å². The van der Waals surface area contributed by atoms with Crippen LogP contribution in [0.3, 0.4) is 0 Å². The molecule has 0 aromatic heterocycles. The van der Waals surface area contributed by atoms with Gasteiger partial charge in [0, 0.05) is 12.0 Å². The molecule has 1 aliphatic heterocycles. The smallest absolute Gasteiger partial charge is 0.122 e. The number of benzene rings is 1. The quantitative estimate of drug-likeness (QED) is 0.856. The van der Waals surface area contributed by atoms with Crippen molar-refractivity contribution in [2.75, 3.05) is 19.8 Å². The summed E-state index contributed by atoms with van der Waals surface area (Å²) in [7, 11) is 0. The van der Waals surface area contributed by atoms with Gasteiger partial charge in [-0.05, 0) is 38.4 Å². The Kier molecular flexibility index (Phi) is 5.23. The summed E-state index contributed by atoms with van der Waals surface area (Å²) in [5.41, 5.74) is 1.31. The molecule has 2 unspecified atom stereocenters. The molecule has 1 aromatic carbocycles. The molecule has 0 spiro atoms. The molecule has 0 amide bonds. The van der Waals surface area contributed by atoms with Gasteiger partial charge in [0.2, 0.25) is 0 Å². The number of nitrogens with one attached hydrogen (secondary N) is 1. The minimum atomic E-state index is 0.276. The second-order valence-electron chi connectivity index (χ2n) is 5.43. The van der Waals surface area contributed by atoms with Gasteiger partial charge in [-0.25, -0.2) is 0 Å². The number of para-hydroxylation sites is 1. The van der Waals surface area contributed by atoms with Crippen molar-refractivity contribution < 1.29 is 9.47 Å². The standard InChI is InChI=1S/C16H25NO2/c1-4-17-15(11-18-12(2)3)14-9-13-7-5-6-8-16(13)19-10-14/h5-8,12,14-15,17H,4,9-11H2,1-3H3. The van der Waals surface area contributed by atoms with Crippen molar-refractivity contribution in [3.8, 4) is 5.75 Å². The summed E-state index contributed by atoms with van der Waals surface area (Å²) >= 11 is 0. The highest BCUT2D eigenvalue weighted by atomic mass is 16.5. The van der Waals surface area contributed by atoms with Gasteiger partial charge in [-0.3, -0.25) is 0 Å². The van der Waals surface area contributed by atoms with Gasteiger partial charge >= 0.3 is 0 Å². The molecular weight excluding hydrogens is 238 g/mol. The van der Waals surface area contributed by atoms with Gasteiger partial charge in [0.1, 0.15) is 5.75 Å². The van der Waals surface area contributed by atoms with E-state index in [4.69, 9.17) is 9.47 Å². The molecule has 2 rings (SSSR count). The van der Waals surface area contributed by atoms with E-state index in [0.29, 0.717) is 12.0 Å². The molecule has 3 nitrogen and oxygen atoms in total. The fraction of sp³-hybridized carbons (Fsp3) is 0.625. The molecule has 1 N–H and O–H groups in total. The van der Waals surface area contributed by atoms with E-state index < -0.39 is 0 Å². The SMILES string of the molecule is CCNC(COC(C)C)C1COc2ccccc2C1. The summed E-state index contributed by atoms with van der Waals surface area (Å²) in [6.45, 7) is 8.79. The highest BCUT2D eigenvalue weighted by Gasteiger charge is 2.27. The van der Waals surface area contributed by atoms with Crippen LogP contribution in [-0.4, -0.2) is 31.9 Å². The Hall–Kier alpha value is -1.06. The molecule has 3 heteroatoms. The topological polar surface area (TPSA) is 30.5 Å². The zero-order valence-electron chi connectivity index (χ0n) is 12.2. The monoisotopic (exact) mass is 263 g/mol. The molecule has 1 aromatic rings. The van der Waals surface area contributed by atoms with Crippen molar-refractivity contribution >= 4 is 0 Å². The minimum Gasteiger partial charge on any atom is -0.493 e. The van der Waals surface area contributed by atoms with Crippen molar-refractivity contribution in [3.63, 3.8) is 0 Å². The third kappa shape index (κ3) is 3.95. The summed E-state index contributed by atoms with van der Waals surface area (Å²) in [5, 5.41) is 3.53. The summed E-state index contributed by atoms with van der Waals surface area (Å²) in [6, 6.07) is 8.69. The Balaban J connectivity index is 1.99. The van der Waals surface area contributed by atoms with Gasteiger partial charge in [-0.2, -0.15) is 0 Å². The average Bonchev–Trinajstić information content (AvgIpc) is 2.42. The Morgan fingerprint density at radius 3 is 2.89 bits per heavy atom. The highest BCUT2D eigenvalue weighted by Crippen LogP contribution is 2.28. The van der Waals surface area contributed by atoms with Crippen LogP contribution in [0.25, 0.3) is 0 Å². The number of hydrogen-bond acceptors (Lipinski definition) is 3. The highest BCUT2D eigenvalue weighted by molar-refractivity contribution is 5.35. The largest absolute Gasteiger partial charge is 0.493 e. The Labute approximate surface area is 116 Å². The first-order valence-corrected chi connectivity index (χ1v) is 7.26. The van der Waals surface area contributed by atoms with Crippen LogP contribution in [0.4, 0.5) is 0 Å². The summed E-state index contributed by atoms with van der Waals surface area (Å²) in [6.07, 6.45) is 1.34. The Morgan fingerprint density at radius 2 is 2.16 bits per heavy atom. The predicted molar refractivity (Wildman–Crippen MR) is 77.7 cm³/mol. The molecule has 0 saturated carbocycles. The zero-order valence-corrected chi connectivity index (χ0v) is 12.2. The molecule has 2 atom stereocenters.